The van der Waals surface area contributed by atoms with E-state index < -0.39 is 0 Å². The molecule has 0 aliphatic carbocycles. The van der Waals surface area contributed by atoms with Gasteiger partial charge >= 0.3 is 0 Å². The van der Waals surface area contributed by atoms with Gasteiger partial charge in [-0.2, -0.15) is 0 Å². The summed E-state index contributed by atoms with van der Waals surface area (Å²) in [6.45, 7) is 4.87. The fraction of sp³-hybridized carbons (Fsp3) is 0.533. The zero-order valence-corrected chi connectivity index (χ0v) is 12.5. The monoisotopic (exact) mass is 283 g/mol. The predicted octanol–water partition coefficient (Wildman–Crippen LogP) is 2.62. The number of carbonyl (C=O) groups is 1. The van der Waals surface area contributed by atoms with Gasteiger partial charge < -0.3 is 10.1 Å². The first kappa shape index (κ1) is 16.0. The Labute approximate surface area is 121 Å². The van der Waals surface area contributed by atoms with Crippen LogP contribution in [0.25, 0.3) is 0 Å². The minimum atomic E-state index is -0.280. The summed E-state index contributed by atoms with van der Waals surface area (Å²) in [5.74, 6) is 1.23. The van der Waals surface area contributed by atoms with Crippen LogP contribution in [0.5, 0.6) is 5.75 Å². The second-order valence-electron chi connectivity index (χ2n) is 5.45. The maximum absolute atomic E-state index is 12.0. The molecular formula is C15H22ClNO2. The van der Waals surface area contributed by atoms with Crippen LogP contribution in [-0.4, -0.2) is 25.5 Å². The maximum Gasteiger partial charge on any atom is 0.141 e. The van der Waals surface area contributed by atoms with E-state index in [4.69, 9.17) is 4.74 Å². The van der Waals surface area contributed by atoms with Gasteiger partial charge in [-0.05, 0) is 24.1 Å². The lowest BCUT2D eigenvalue weighted by Crippen LogP contribution is -2.53. The Morgan fingerprint density at radius 3 is 2.53 bits per heavy atom. The Morgan fingerprint density at radius 2 is 1.95 bits per heavy atom. The van der Waals surface area contributed by atoms with E-state index in [1.54, 1.807) is 7.11 Å². The number of hydrogen-bond acceptors (Lipinski definition) is 3. The van der Waals surface area contributed by atoms with Crippen LogP contribution in [0.2, 0.25) is 0 Å². The van der Waals surface area contributed by atoms with Gasteiger partial charge in [0.15, 0.2) is 0 Å². The summed E-state index contributed by atoms with van der Waals surface area (Å²) < 4.78 is 5.15. The lowest BCUT2D eigenvalue weighted by Gasteiger charge is -2.38. The Balaban J connectivity index is 0.00000180. The van der Waals surface area contributed by atoms with Crippen molar-refractivity contribution in [3.8, 4) is 5.75 Å². The number of rotatable bonds is 3. The van der Waals surface area contributed by atoms with Crippen molar-refractivity contribution in [3.63, 3.8) is 0 Å². The smallest absolute Gasteiger partial charge is 0.141 e. The molecule has 1 fully saturated rings. The van der Waals surface area contributed by atoms with E-state index in [0.29, 0.717) is 12.2 Å². The molecule has 1 atom stereocenters. The molecule has 0 saturated carbocycles. The van der Waals surface area contributed by atoms with Crippen molar-refractivity contribution < 1.29 is 9.53 Å². The topological polar surface area (TPSA) is 38.3 Å². The second-order valence-corrected chi connectivity index (χ2v) is 5.45. The first-order valence-corrected chi connectivity index (χ1v) is 6.43. The molecule has 0 amide bonds. The molecule has 4 heteroatoms. The average molecular weight is 284 g/mol. The first-order valence-electron chi connectivity index (χ1n) is 6.43. The summed E-state index contributed by atoms with van der Waals surface area (Å²) in [5.41, 5.74) is 0.953. The van der Waals surface area contributed by atoms with Crippen molar-refractivity contribution in [1.82, 2.24) is 5.32 Å². The number of Topliss-reactive ketones (excluding diaryl/α,β-unsaturated/α-hetero) is 1. The van der Waals surface area contributed by atoms with E-state index in [9.17, 15) is 4.79 Å². The fourth-order valence-corrected chi connectivity index (χ4v) is 2.46. The fourth-order valence-electron chi connectivity index (χ4n) is 2.46. The number of nitrogens with one attached hydrogen (secondary N) is 1. The normalized spacial score (nSPS) is 21.6. The number of ether oxygens (including phenoxy) is 1. The number of ketones is 1. The van der Waals surface area contributed by atoms with Crippen LogP contribution in [0.4, 0.5) is 0 Å². The van der Waals surface area contributed by atoms with Crippen LogP contribution in [-0.2, 0) is 11.2 Å². The molecule has 1 heterocycles. The van der Waals surface area contributed by atoms with Gasteiger partial charge in [0.05, 0.1) is 7.11 Å². The van der Waals surface area contributed by atoms with Crippen LogP contribution >= 0.6 is 12.4 Å². The van der Waals surface area contributed by atoms with Crippen molar-refractivity contribution >= 4 is 18.2 Å². The summed E-state index contributed by atoms with van der Waals surface area (Å²) in [6.07, 6.45) is 1.52. The van der Waals surface area contributed by atoms with Gasteiger partial charge in [-0.3, -0.25) is 4.79 Å². The summed E-state index contributed by atoms with van der Waals surface area (Å²) in [6, 6.07) is 8.28. The third kappa shape index (κ3) is 3.48. The Morgan fingerprint density at radius 1 is 1.32 bits per heavy atom. The number of halogens is 1. The number of benzene rings is 1. The summed E-state index contributed by atoms with van der Waals surface area (Å²) in [5, 5.41) is 3.46. The summed E-state index contributed by atoms with van der Waals surface area (Å²) in [4.78, 5) is 12.0. The molecule has 1 aromatic carbocycles. The highest BCUT2D eigenvalue weighted by molar-refractivity contribution is 5.86. The number of methoxy groups -OCH3 is 1. The standard InChI is InChI=1S/C15H21NO2.ClH/c1-15(2)13(16-9-8-14(15)17)10-11-4-6-12(18-3)7-5-11;/h4-7,13,16H,8-10H2,1-3H3;1H. The van der Waals surface area contributed by atoms with E-state index in [2.05, 4.69) is 17.4 Å². The molecule has 1 aromatic rings. The SMILES string of the molecule is COc1ccc(CC2NCCC(=O)C2(C)C)cc1.Cl. The molecule has 1 N–H and O–H groups in total. The molecule has 3 nitrogen and oxygen atoms in total. The summed E-state index contributed by atoms with van der Waals surface area (Å²) >= 11 is 0. The second kappa shape index (κ2) is 6.40. The molecule has 1 unspecified atom stereocenters. The van der Waals surface area contributed by atoms with Crippen LogP contribution in [0.1, 0.15) is 25.8 Å². The summed E-state index contributed by atoms with van der Waals surface area (Å²) in [7, 11) is 1.67. The minimum absolute atomic E-state index is 0. The Hall–Kier alpha value is -1.06. The molecule has 0 bridgehead atoms. The van der Waals surface area contributed by atoms with Gasteiger partial charge in [-0.25, -0.2) is 0 Å². The highest BCUT2D eigenvalue weighted by Gasteiger charge is 2.38. The van der Waals surface area contributed by atoms with E-state index in [-0.39, 0.29) is 23.9 Å². The van der Waals surface area contributed by atoms with Crippen LogP contribution in [0, 0.1) is 5.41 Å². The van der Waals surface area contributed by atoms with Gasteiger partial charge in [-0.1, -0.05) is 26.0 Å². The van der Waals surface area contributed by atoms with E-state index in [1.165, 1.54) is 5.56 Å². The highest BCUT2D eigenvalue weighted by Crippen LogP contribution is 2.29. The average Bonchev–Trinajstić information content (AvgIpc) is 2.36. The van der Waals surface area contributed by atoms with Crippen molar-refractivity contribution in [2.45, 2.75) is 32.7 Å². The van der Waals surface area contributed by atoms with Gasteiger partial charge in [0.25, 0.3) is 0 Å². The number of carbonyl (C=O) groups excluding carboxylic acids is 1. The van der Waals surface area contributed by atoms with Crippen molar-refractivity contribution in [3.05, 3.63) is 29.8 Å². The molecule has 19 heavy (non-hydrogen) atoms. The Kier molecular flexibility index (Phi) is 5.39. The third-order valence-corrected chi connectivity index (χ3v) is 3.93. The van der Waals surface area contributed by atoms with Crippen LogP contribution in [0.3, 0.4) is 0 Å². The maximum atomic E-state index is 12.0. The van der Waals surface area contributed by atoms with Gasteiger partial charge in [0.2, 0.25) is 0 Å². The molecule has 0 spiro atoms. The molecular weight excluding hydrogens is 262 g/mol. The van der Waals surface area contributed by atoms with Crippen molar-refractivity contribution in [1.29, 1.82) is 0 Å². The molecule has 1 aliphatic heterocycles. The van der Waals surface area contributed by atoms with Gasteiger partial charge in [0, 0.05) is 24.4 Å². The molecule has 0 radical (unpaired) electrons. The van der Waals surface area contributed by atoms with E-state index in [1.807, 2.05) is 26.0 Å². The van der Waals surface area contributed by atoms with E-state index >= 15 is 0 Å². The number of piperidine rings is 1. The zero-order valence-electron chi connectivity index (χ0n) is 11.7. The Bertz CT molecular complexity index is 428. The molecule has 106 valence electrons. The molecule has 1 saturated heterocycles. The highest BCUT2D eigenvalue weighted by atomic mass is 35.5. The van der Waals surface area contributed by atoms with Crippen LogP contribution in [0.15, 0.2) is 24.3 Å². The van der Waals surface area contributed by atoms with Crippen molar-refractivity contribution in [2.75, 3.05) is 13.7 Å². The quantitative estimate of drug-likeness (QED) is 0.927. The molecule has 1 aliphatic rings. The van der Waals surface area contributed by atoms with Crippen molar-refractivity contribution in [2.24, 2.45) is 5.41 Å². The zero-order chi connectivity index (χ0) is 13.2. The first-order chi connectivity index (χ1) is 8.54. The molecule has 2 rings (SSSR count). The van der Waals surface area contributed by atoms with Gasteiger partial charge in [-0.15, -0.1) is 12.4 Å². The van der Waals surface area contributed by atoms with Gasteiger partial charge in [0.1, 0.15) is 11.5 Å². The lowest BCUT2D eigenvalue weighted by molar-refractivity contribution is -0.130. The van der Waals surface area contributed by atoms with E-state index in [0.717, 1.165) is 18.7 Å². The largest absolute Gasteiger partial charge is 0.497 e. The number of hydrogen-bond donors (Lipinski definition) is 1. The van der Waals surface area contributed by atoms with Crippen LogP contribution < -0.4 is 10.1 Å². The third-order valence-electron chi connectivity index (χ3n) is 3.93. The predicted molar refractivity (Wildman–Crippen MR) is 79.1 cm³/mol. The lowest BCUT2D eigenvalue weighted by atomic mass is 9.74. The minimum Gasteiger partial charge on any atom is -0.497 e. The molecule has 0 aromatic heterocycles.